The summed E-state index contributed by atoms with van der Waals surface area (Å²) >= 11 is 0. The molecule has 5 nitrogen and oxygen atoms in total. The highest BCUT2D eigenvalue weighted by atomic mass is 16.2. The molecule has 1 aromatic heterocycles. The summed E-state index contributed by atoms with van der Waals surface area (Å²) in [6.07, 6.45) is 3.37. The fourth-order valence-corrected chi connectivity index (χ4v) is 3.00. The molecule has 0 unspecified atom stereocenters. The molecular formula is C21H23N3O2. The molecule has 2 aromatic carbocycles. The van der Waals surface area contributed by atoms with Gasteiger partial charge in [0.25, 0.3) is 5.56 Å². The minimum atomic E-state index is -0.185. The van der Waals surface area contributed by atoms with Crippen LogP contribution in [-0.2, 0) is 11.3 Å². The average molecular weight is 349 g/mol. The third kappa shape index (κ3) is 3.67. The average Bonchev–Trinajstić information content (AvgIpc) is 2.66. The van der Waals surface area contributed by atoms with E-state index < -0.39 is 0 Å². The molecule has 0 fully saturated rings. The molecule has 0 aliphatic rings. The lowest BCUT2D eigenvalue weighted by Gasteiger charge is -2.23. The van der Waals surface area contributed by atoms with Crippen LogP contribution in [0.1, 0.15) is 25.3 Å². The lowest BCUT2D eigenvalue weighted by Crippen LogP contribution is -2.37. The Kier molecular flexibility index (Phi) is 5.46. The second-order valence-corrected chi connectivity index (χ2v) is 6.38. The Balaban J connectivity index is 1.91. The standard InChI is InChI=1S/C21H23N3O2/c1-3-4-13-24(17-10-6-5-7-11-17)19(25)14-23-15-22-20-16(2)9-8-12-18(20)21(23)26/h5-12,15H,3-4,13-14H2,1-2H3. The number of aryl methyl sites for hydroxylation is 1. The van der Waals surface area contributed by atoms with Crippen LogP contribution < -0.4 is 10.5 Å². The number of anilines is 1. The van der Waals surface area contributed by atoms with Gasteiger partial charge in [-0.05, 0) is 37.1 Å². The molecule has 26 heavy (non-hydrogen) atoms. The van der Waals surface area contributed by atoms with Gasteiger partial charge in [0.2, 0.25) is 5.91 Å². The van der Waals surface area contributed by atoms with Crippen LogP contribution in [0.2, 0.25) is 0 Å². The molecule has 0 saturated carbocycles. The van der Waals surface area contributed by atoms with Gasteiger partial charge in [-0.25, -0.2) is 4.98 Å². The first-order valence-corrected chi connectivity index (χ1v) is 8.92. The van der Waals surface area contributed by atoms with Gasteiger partial charge in [-0.15, -0.1) is 0 Å². The molecule has 0 atom stereocenters. The van der Waals surface area contributed by atoms with Gasteiger partial charge in [0.1, 0.15) is 6.54 Å². The lowest BCUT2D eigenvalue weighted by atomic mass is 10.1. The summed E-state index contributed by atoms with van der Waals surface area (Å²) in [7, 11) is 0. The molecular weight excluding hydrogens is 326 g/mol. The number of carbonyl (C=O) groups excluding carboxylic acids is 1. The maximum Gasteiger partial charge on any atom is 0.261 e. The van der Waals surface area contributed by atoms with E-state index in [0.717, 1.165) is 24.1 Å². The predicted molar refractivity (Wildman–Crippen MR) is 104 cm³/mol. The second-order valence-electron chi connectivity index (χ2n) is 6.38. The Morgan fingerprint density at radius 3 is 2.62 bits per heavy atom. The van der Waals surface area contributed by atoms with E-state index in [1.165, 1.54) is 10.9 Å². The molecule has 0 radical (unpaired) electrons. The minimum absolute atomic E-state index is 0.0195. The number of hydrogen-bond donors (Lipinski definition) is 0. The van der Waals surface area contributed by atoms with E-state index >= 15 is 0 Å². The predicted octanol–water partition coefficient (Wildman–Crippen LogP) is 3.54. The number of aromatic nitrogens is 2. The van der Waals surface area contributed by atoms with Crippen molar-refractivity contribution in [1.29, 1.82) is 0 Å². The Bertz CT molecular complexity index is 964. The molecule has 0 spiro atoms. The first-order chi connectivity index (χ1) is 12.6. The summed E-state index contributed by atoms with van der Waals surface area (Å²) in [5, 5.41) is 0.542. The van der Waals surface area contributed by atoms with Crippen LogP contribution in [0.3, 0.4) is 0 Å². The van der Waals surface area contributed by atoms with Crippen molar-refractivity contribution in [3.8, 4) is 0 Å². The molecule has 0 bridgehead atoms. The van der Waals surface area contributed by atoms with Crippen molar-refractivity contribution >= 4 is 22.5 Å². The van der Waals surface area contributed by atoms with Crippen LogP contribution in [0.4, 0.5) is 5.69 Å². The SMILES string of the molecule is CCCCN(C(=O)Cn1cnc2c(C)cccc2c1=O)c1ccccc1. The van der Waals surface area contributed by atoms with Gasteiger partial charge >= 0.3 is 0 Å². The van der Waals surface area contributed by atoms with E-state index in [0.29, 0.717) is 17.4 Å². The van der Waals surface area contributed by atoms with Crippen LogP contribution >= 0.6 is 0 Å². The largest absolute Gasteiger partial charge is 0.311 e. The molecule has 3 rings (SSSR count). The van der Waals surface area contributed by atoms with Gasteiger partial charge in [-0.2, -0.15) is 0 Å². The number of hydrogen-bond acceptors (Lipinski definition) is 3. The zero-order valence-electron chi connectivity index (χ0n) is 15.2. The van der Waals surface area contributed by atoms with Gasteiger partial charge in [-0.3, -0.25) is 14.2 Å². The summed E-state index contributed by atoms with van der Waals surface area (Å²) < 4.78 is 1.39. The minimum Gasteiger partial charge on any atom is -0.311 e. The van der Waals surface area contributed by atoms with Crippen molar-refractivity contribution in [2.45, 2.75) is 33.2 Å². The van der Waals surface area contributed by atoms with E-state index in [2.05, 4.69) is 11.9 Å². The molecule has 134 valence electrons. The van der Waals surface area contributed by atoms with Gasteiger partial charge < -0.3 is 4.90 Å². The molecule has 5 heteroatoms. The number of fused-ring (bicyclic) bond motifs is 1. The normalized spacial score (nSPS) is 10.8. The van der Waals surface area contributed by atoms with Gasteiger partial charge in [0.15, 0.2) is 0 Å². The third-order valence-corrected chi connectivity index (χ3v) is 4.47. The highest BCUT2D eigenvalue weighted by molar-refractivity contribution is 5.93. The summed E-state index contributed by atoms with van der Waals surface area (Å²) in [6, 6.07) is 15.1. The van der Waals surface area contributed by atoms with E-state index in [9.17, 15) is 9.59 Å². The van der Waals surface area contributed by atoms with Crippen LogP contribution in [0, 0.1) is 6.92 Å². The van der Waals surface area contributed by atoms with Crippen LogP contribution in [-0.4, -0.2) is 22.0 Å². The fraction of sp³-hybridized carbons (Fsp3) is 0.286. The highest BCUT2D eigenvalue weighted by Crippen LogP contribution is 2.15. The molecule has 0 aliphatic heterocycles. The molecule has 3 aromatic rings. The van der Waals surface area contributed by atoms with Crippen molar-refractivity contribution in [2.24, 2.45) is 0 Å². The van der Waals surface area contributed by atoms with Crippen molar-refractivity contribution in [3.63, 3.8) is 0 Å². The van der Waals surface area contributed by atoms with Crippen LogP contribution in [0.5, 0.6) is 0 Å². The highest BCUT2D eigenvalue weighted by Gasteiger charge is 2.17. The first kappa shape index (κ1) is 17.9. The van der Waals surface area contributed by atoms with Crippen LogP contribution in [0.15, 0.2) is 59.7 Å². The van der Waals surface area contributed by atoms with Crippen LogP contribution in [0.25, 0.3) is 10.9 Å². The van der Waals surface area contributed by atoms with E-state index in [-0.39, 0.29) is 18.0 Å². The zero-order chi connectivity index (χ0) is 18.5. The quantitative estimate of drug-likeness (QED) is 0.684. The van der Waals surface area contributed by atoms with Gasteiger partial charge in [0.05, 0.1) is 17.2 Å². The molecule has 0 N–H and O–H groups in total. The van der Waals surface area contributed by atoms with Crippen molar-refractivity contribution in [2.75, 3.05) is 11.4 Å². The van der Waals surface area contributed by atoms with E-state index in [1.54, 1.807) is 11.0 Å². The molecule has 0 saturated heterocycles. The van der Waals surface area contributed by atoms with Gasteiger partial charge in [0, 0.05) is 12.2 Å². The fourth-order valence-electron chi connectivity index (χ4n) is 3.00. The first-order valence-electron chi connectivity index (χ1n) is 8.92. The van der Waals surface area contributed by atoms with E-state index in [4.69, 9.17) is 0 Å². The van der Waals surface area contributed by atoms with Crippen molar-refractivity contribution in [3.05, 3.63) is 70.8 Å². The molecule has 0 aliphatic carbocycles. The Hall–Kier alpha value is -2.95. The monoisotopic (exact) mass is 349 g/mol. The number of para-hydroxylation sites is 2. The summed E-state index contributed by atoms with van der Waals surface area (Å²) in [5.41, 5.74) is 2.30. The summed E-state index contributed by atoms with van der Waals surface area (Å²) in [6.45, 7) is 4.63. The number of benzene rings is 2. The number of rotatable bonds is 6. The third-order valence-electron chi connectivity index (χ3n) is 4.47. The Morgan fingerprint density at radius 1 is 1.12 bits per heavy atom. The summed E-state index contributed by atoms with van der Waals surface area (Å²) in [5.74, 6) is -0.111. The van der Waals surface area contributed by atoms with Crippen molar-refractivity contribution < 1.29 is 4.79 Å². The Morgan fingerprint density at radius 2 is 1.88 bits per heavy atom. The number of nitrogens with zero attached hydrogens (tertiary/aromatic N) is 3. The molecule has 1 heterocycles. The lowest BCUT2D eigenvalue weighted by molar-refractivity contribution is -0.119. The topological polar surface area (TPSA) is 55.2 Å². The van der Waals surface area contributed by atoms with Crippen molar-refractivity contribution in [1.82, 2.24) is 9.55 Å². The smallest absolute Gasteiger partial charge is 0.261 e. The summed E-state index contributed by atoms with van der Waals surface area (Å²) in [4.78, 5) is 31.8. The maximum absolute atomic E-state index is 12.9. The number of amides is 1. The van der Waals surface area contributed by atoms with Gasteiger partial charge in [-0.1, -0.05) is 43.7 Å². The Labute approximate surface area is 152 Å². The zero-order valence-corrected chi connectivity index (χ0v) is 15.2. The number of carbonyl (C=O) groups is 1. The maximum atomic E-state index is 12.9. The number of unbranched alkanes of at least 4 members (excludes halogenated alkanes) is 1. The second kappa shape index (κ2) is 7.95. The van der Waals surface area contributed by atoms with E-state index in [1.807, 2.05) is 49.4 Å². The molecule has 1 amide bonds.